The van der Waals surface area contributed by atoms with Crippen molar-refractivity contribution in [3.63, 3.8) is 0 Å². The number of rotatable bonds is 13. The Morgan fingerprint density at radius 2 is 1.30 bits per heavy atom. The Hall–Kier alpha value is -2.39. The molecule has 2 saturated carbocycles. The monoisotopic (exact) mass is 544 g/mol. The molecule has 1 atom stereocenters. The first kappa shape index (κ1) is 30.6. The molecule has 3 nitrogen and oxygen atoms in total. The molecule has 2 aliphatic carbocycles. The summed E-state index contributed by atoms with van der Waals surface area (Å²) in [6.07, 6.45) is 16.0. The number of ether oxygens (including phenoxy) is 1. The zero-order chi connectivity index (χ0) is 28.3. The van der Waals surface area contributed by atoms with E-state index in [2.05, 4.69) is 62.0 Å². The second-order valence-corrected chi connectivity index (χ2v) is 12.8. The first-order valence-electron chi connectivity index (χ1n) is 16.1. The molecule has 2 aromatic carbocycles. The summed E-state index contributed by atoms with van der Waals surface area (Å²) in [6, 6.07) is 19.2. The Labute approximate surface area is 243 Å². The molecule has 2 fully saturated rings. The minimum Gasteiger partial charge on any atom is -0.462 e. The SMILES string of the molecule is C=C(C)C(=O)OCC(CO)CC1CCC(c2ccc(C3CCC(c4ccc(CCCCC)cc4)CC3)cc2)CC1. The Balaban J connectivity index is 1.20. The van der Waals surface area contributed by atoms with E-state index in [1.165, 1.54) is 93.7 Å². The number of aliphatic hydroxyl groups is 1. The molecule has 0 heterocycles. The standard InChI is InChI=1S/C37H52O3/c1-4-5-6-7-28-8-12-31(13-9-28)33-16-20-35(21-17-33)36-22-18-34(19-23-36)32-14-10-29(11-15-32)24-30(25-38)26-40-37(39)27(2)3/h8-9,12-13,18-19,22-23,29-30,32-33,35,38H,2,4-7,10-11,14-17,20-21,24-26H2,1,3H3. The molecule has 0 aliphatic heterocycles. The molecule has 0 aromatic heterocycles. The number of aryl methyl sites for hydroxylation is 1. The number of hydrogen-bond acceptors (Lipinski definition) is 3. The predicted molar refractivity (Wildman–Crippen MR) is 166 cm³/mol. The summed E-state index contributed by atoms with van der Waals surface area (Å²) in [5.41, 5.74) is 6.47. The van der Waals surface area contributed by atoms with E-state index < -0.39 is 0 Å². The van der Waals surface area contributed by atoms with Crippen molar-refractivity contribution in [2.24, 2.45) is 11.8 Å². The van der Waals surface area contributed by atoms with Crippen LogP contribution in [0.3, 0.4) is 0 Å². The maximum Gasteiger partial charge on any atom is 0.333 e. The van der Waals surface area contributed by atoms with Gasteiger partial charge >= 0.3 is 5.97 Å². The van der Waals surface area contributed by atoms with Gasteiger partial charge in [0.05, 0.1) is 6.61 Å². The van der Waals surface area contributed by atoms with Crippen LogP contribution in [0.15, 0.2) is 60.7 Å². The lowest BCUT2D eigenvalue weighted by molar-refractivity contribution is -0.140. The maximum atomic E-state index is 11.7. The summed E-state index contributed by atoms with van der Waals surface area (Å²) in [6.45, 7) is 7.92. The van der Waals surface area contributed by atoms with Crippen LogP contribution in [0.5, 0.6) is 0 Å². The fourth-order valence-corrected chi connectivity index (χ4v) is 7.05. The molecule has 2 aromatic rings. The molecular formula is C37H52O3. The van der Waals surface area contributed by atoms with Crippen LogP contribution in [0.2, 0.25) is 0 Å². The summed E-state index contributed by atoms with van der Waals surface area (Å²) >= 11 is 0. The average Bonchev–Trinajstić information content (AvgIpc) is 3.00. The first-order valence-corrected chi connectivity index (χ1v) is 16.1. The van der Waals surface area contributed by atoms with Gasteiger partial charge in [-0.25, -0.2) is 4.79 Å². The molecule has 2 aliphatic rings. The van der Waals surface area contributed by atoms with Crippen LogP contribution in [0, 0.1) is 11.8 Å². The zero-order valence-corrected chi connectivity index (χ0v) is 25.1. The normalized spacial score (nSPS) is 23.9. The lowest BCUT2D eigenvalue weighted by Gasteiger charge is -2.31. The van der Waals surface area contributed by atoms with Crippen LogP contribution in [-0.2, 0) is 16.0 Å². The highest BCUT2D eigenvalue weighted by molar-refractivity contribution is 5.86. The van der Waals surface area contributed by atoms with Gasteiger partial charge in [0.15, 0.2) is 0 Å². The third kappa shape index (κ3) is 8.80. The molecule has 0 spiro atoms. The van der Waals surface area contributed by atoms with Gasteiger partial charge in [0.2, 0.25) is 0 Å². The second kappa shape index (κ2) is 15.6. The Bertz CT molecular complexity index is 1040. The molecule has 0 amide bonds. The molecule has 1 N–H and O–H groups in total. The van der Waals surface area contributed by atoms with Crippen molar-refractivity contribution >= 4 is 5.97 Å². The molecule has 0 radical (unpaired) electrons. The van der Waals surface area contributed by atoms with Gasteiger partial charge in [0, 0.05) is 18.1 Å². The van der Waals surface area contributed by atoms with Gasteiger partial charge < -0.3 is 9.84 Å². The van der Waals surface area contributed by atoms with E-state index in [9.17, 15) is 9.90 Å². The van der Waals surface area contributed by atoms with Crippen molar-refractivity contribution in [3.05, 3.63) is 82.9 Å². The Kier molecular flexibility index (Phi) is 11.9. The van der Waals surface area contributed by atoms with Crippen molar-refractivity contribution in [3.8, 4) is 0 Å². The number of esters is 1. The van der Waals surface area contributed by atoms with Gasteiger partial charge in [0.25, 0.3) is 0 Å². The molecule has 1 unspecified atom stereocenters. The summed E-state index contributed by atoms with van der Waals surface area (Å²) in [5, 5.41) is 9.77. The average molecular weight is 545 g/mol. The van der Waals surface area contributed by atoms with Crippen molar-refractivity contribution < 1.29 is 14.6 Å². The molecule has 3 heteroatoms. The highest BCUT2D eigenvalue weighted by atomic mass is 16.5. The molecule has 0 bridgehead atoms. The third-order valence-electron chi connectivity index (χ3n) is 9.70. The molecule has 4 rings (SSSR count). The Morgan fingerprint density at radius 1 is 0.825 bits per heavy atom. The minimum absolute atomic E-state index is 0.0223. The lowest BCUT2D eigenvalue weighted by atomic mass is 9.74. The predicted octanol–water partition coefficient (Wildman–Crippen LogP) is 9.25. The smallest absolute Gasteiger partial charge is 0.333 e. The van der Waals surface area contributed by atoms with E-state index in [0.717, 1.165) is 12.3 Å². The number of carbonyl (C=O) groups excluding carboxylic acids is 1. The van der Waals surface area contributed by atoms with Gasteiger partial charge in [-0.2, -0.15) is 0 Å². The Morgan fingerprint density at radius 3 is 1.75 bits per heavy atom. The van der Waals surface area contributed by atoms with Crippen LogP contribution in [0.1, 0.15) is 131 Å². The molecule has 218 valence electrons. The van der Waals surface area contributed by atoms with Gasteiger partial charge in [-0.3, -0.25) is 0 Å². The van der Waals surface area contributed by atoms with E-state index >= 15 is 0 Å². The van der Waals surface area contributed by atoms with Crippen LogP contribution in [0.4, 0.5) is 0 Å². The highest BCUT2D eigenvalue weighted by Crippen LogP contribution is 2.42. The van der Waals surface area contributed by atoms with E-state index in [0.29, 0.717) is 23.3 Å². The number of hydrogen-bond donors (Lipinski definition) is 1. The van der Waals surface area contributed by atoms with Gasteiger partial charge in [0.1, 0.15) is 0 Å². The summed E-state index contributed by atoms with van der Waals surface area (Å²) < 4.78 is 5.30. The summed E-state index contributed by atoms with van der Waals surface area (Å²) in [7, 11) is 0. The van der Waals surface area contributed by atoms with Crippen molar-refractivity contribution in [2.45, 2.75) is 115 Å². The van der Waals surface area contributed by atoms with E-state index in [4.69, 9.17) is 4.74 Å². The topological polar surface area (TPSA) is 46.5 Å². The number of carbonyl (C=O) groups is 1. The second-order valence-electron chi connectivity index (χ2n) is 12.8. The van der Waals surface area contributed by atoms with Gasteiger partial charge in [-0.1, -0.05) is 74.9 Å². The van der Waals surface area contributed by atoms with Gasteiger partial charge in [-0.05, 0) is 123 Å². The summed E-state index contributed by atoms with van der Waals surface area (Å²) in [5.74, 6) is 2.32. The zero-order valence-electron chi connectivity index (χ0n) is 25.1. The van der Waals surface area contributed by atoms with Crippen molar-refractivity contribution in [1.29, 1.82) is 0 Å². The van der Waals surface area contributed by atoms with E-state index in [-0.39, 0.29) is 25.1 Å². The maximum absolute atomic E-state index is 11.7. The summed E-state index contributed by atoms with van der Waals surface area (Å²) in [4.78, 5) is 11.7. The van der Waals surface area contributed by atoms with Crippen molar-refractivity contribution in [2.75, 3.05) is 13.2 Å². The van der Waals surface area contributed by atoms with E-state index in [1.807, 2.05) is 0 Å². The van der Waals surface area contributed by atoms with Crippen LogP contribution in [-0.4, -0.2) is 24.3 Å². The van der Waals surface area contributed by atoms with Crippen LogP contribution >= 0.6 is 0 Å². The van der Waals surface area contributed by atoms with Crippen LogP contribution < -0.4 is 0 Å². The minimum atomic E-state index is -0.360. The lowest BCUT2D eigenvalue weighted by Crippen LogP contribution is -2.23. The fourth-order valence-electron chi connectivity index (χ4n) is 7.05. The first-order chi connectivity index (χ1) is 19.5. The van der Waals surface area contributed by atoms with Gasteiger partial charge in [-0.15, -0.1) is 0 Å². The third-order valence-corrected chi connectivity index (χ3v) is 9.70. The highest BCUT2D eigenvalue weighted by Gasteiger charge is 2.27. The number of benzene rings is 2. The molecule has 40 heavy (non-hydrogen) atoms. The van der Waals surface area contributed by atoms with E-state index in [1.54, 1.807) is 12.5 Å². The fraction of sp³-hybridized carbons (Fsp3) is 0.595. The molecule has 0 saturated heterocycles. The number of unbranched alkanes of at least 4 members (excludes halogenated alkanes) is 2. The largest absolute Gasteiger partial charge is 0.462 e. The van der Waals surface area contributed by atoms with Crippen LogP contribution in [0.25, 0.3) is 0 Å². The molecular weight excluding hydrogens is 492 g/mol. The quantitative estimate of drug-likeness (QED) is 0.155. The van der Waals surface area contributed by atoms with Crippen molar-refractivity contribution in [1.82, 2.24) is 0 Å². The number of aliphatic hydroxyl groups excluding tert-OH is 1.